The lowest BCUT2D eigenvalue weighted by molar-refractivity contribution is 0.0969. The monoisotopic (exact) mass is 382 g/mol. The van der Waals surface area contributed by atoms with E-state index in [9.17, 15) is 8.42 Å². The van der Waals surface area contributed by atoms with Gasteiger partial charge in [0.25, 0.3) is 0 Å². The summed E-state index contributed by atoms with van der Waals surface area (Å²) in [6, 6.07) is 2.26. The Balaban J connectivity index is 1.39. The van der Waals surface area contributed by atoms with E-state index >= 15 is 0 Å². The summed E-state index contributed by atoms with van der Waals surface area (Å²) in [7, 11) is -3.21. The second-order valence-corrected chi connectivity index (χ2v) is 9.64. The van der Waals surface area contributed by atoms with Crippen LogP contribution in [0.2, 0.25) is 0 Å². The highest BCUT2D eigenvalue weighted by atomic mass is 32.2. The van der Waals surface area contributed by atoms with Crippen LogP contribution in [0.15, 0.2) is 17.8 Å². The third-order valence-corrected chi connectivity index (χ3v) is 8.23. The highest BCUT2D eigenvalue weighted by Crippen LogP contribution is 2.27. The van der Waals surface area contributed by atoms with Crippen LogP contribution in [0.25, 0.3) is 10.2 Å². The van der Waals surface area contributed by atoms with E-state index in [1.807, 2.05) is 11.4 Å². The SMILES string of the molecule is O=S(=O)(C1CCOCC1)N1CCC(Nc2ncnc3sccc23)CC1. The summed E-state index contributed by atoms with van der Waals surface area (Å²) < 4.78 is 32.5. The number of thiophene rings is 1. The molecule has 2 aliphatic heterocycles. The maximum Gasteiger partial charge on any atom is 0.217 e. The van der Waals surface area contributed by atoms with E-state index in [-0.39, 0.29) is 11.3 Å². The van der Waals surface area contributed by atoms with Gasteiger partial charge in [-0.05, 0) is 37.1 Å². The van der Waals surface area contributed by atoms with E-state index in [0.717, 1.165) is 28.9 Å². The predicted molar refractivity (Wildman–Crippen MR) is 98.4 cm³/mol. The predicted octanol–water partition coefficient (Wildman–Crippen LogP) is 2.08. The molecule has 1 N–H and O–H groups in total. The minimum atomic E-state index is -3.21. The van der Waals surface area contributed by atoms with Gasteiger partial charge in [-0.2, -0.15) is 0 Å². The number of sulfonamides is 1. The number of anilines is 1. The van der Waals surface area contributed by atoms with Gasteiger partial charge < -0.3 is 10.1 Å². The molecule has 2 aliphatic rings. The summed E-state index contributed by atoms with van der Waals surface area (Å²) >= 11 is 1.59. The second-order valence-electron chi connectivity index (χ2n) is 6.54. The van der Waals surface area contributed by atoms with Gasteiger partial charge in [-0.3, -0.25) is 0 Å². The molecule has 2 aromatic heterocycles. The van der Waals surface area contributed by atoms with Crippen LogP contribution in [0.5, 0.6) is 0 Å². The molecule has 0 radical (unpaired) electrons. The molecule has 0 spiro atoms. The highest BCUT2D eigenvalue weighted by molar-refractivity contribution is 7.89. The van der Waals surface area contributed by atoms with Crippen LogP contribution in [0.1, 0.15) is 25.7 Å². The maximum absolute atomic E-state index is 12.8. The van der Waals surface area contributed by atoms with Crippen molar-refractivity contribution in [1.82, 2.24) is 14.3 Å². The lowest BCUT2D eigenvalue weighted by atomic mass is 10.1. The first-order valence-electron chi connectivity index (χ1n) is 8.66. The Hall–Kier alpha value is -1.29. The van der Waals surface area contributed by atoms with Crippen molar-refractivity contribution in [2.24, 2.45) is 0 Å². The van der Waals surface area contributed by atoms with Crippen molar-refractivity contribution in [3.8, 4) is 0 Å². The standard InChI is InChI=1S/C16H22N4O3S2/c21-25(22,13-3-8-23-9-4-13)20-6-1-12(2-7-20)19-15-14-5-10-24-16(14)18-11-17-15/h5,10-13H,1-4,6-9H2,(H,17,18,19). The highest BCUT2D eigenvalue weighted by Gasteiger charge is 2.35. The van der Waals surface area contributed by atoms with Crippen LogP contribution in [0.4, 0.5) is 5.82 Å². The zero-order valence-corrected chi connectivity index (χ0v) is 15.6. The smallest absolute Gasteiger partial charge is 0.217 e. The van der Waals surface area contributed by atoms with E-state index < -0.39 is 10.0 Å². The Labute approximate surface area is 151 Å². The number of nitrogens with one attached hydrogen (secondary N) is 1. The molecule has 0 aliphatic carbocycles. The number of hydrogen-bond acceptors (Lipinski definition) is 7. The van der Waals surface area contributed by atoms with Crippen LogP contribution < -0.4 is 5.32 Å². The number of ether oxygens (including phenoxy) is 1. The number of fused-ring (bicyclic) bond motifs is 1. The fraction of sp³-hybridized carbons (Fsp3) is 0.625. The van der Waals surface area contributed by atoms with E-state index in [0.29, 0.717) is 39.1 Å². The largest absolute Gasteiger partial charge is 0.381 e. The van der Waals surface area contributed by atoms with Gasteiger partial charge in [-0.25, -0.2) is 22.7 Å². The van der Waals surface area contributed by atoms with E-state index in [1.54, 1.807) is 22.0 Å². The fourth-order valence-electron chi connectivity index (χ4n) is 3.54. The molecule has 2 saturated heterocycles. The first-order valence-corrected chi connectivity index (χ1v) is 11.0. The lowest BCUT2D eigenvalue weighted by Gasteiger charge is -2.35. The minimum Gasteiger partial charge on any atom is -0.381 e. The number of piperidine rings is 1. The Morgan fingerprint density at radius 1 is 1.16 bits per heavy atom. The van der Waals surface area contributed by atoms with Crippen molar-refractivity contribution < 1.29 is 13.2 Å². The van der Waals surface area contributed by atoms with Gasteiger partial charge in [-0.15, -0.1) is 11.3 Å². The van der Waals surface area contributed by atoms with Crippen LogP contribution in [-0.4, -0.2) is 60.3 Å². The van der Waals surface area contributed by atoms with Crippen LogP contribution in [-0.2, 0) is 14.8 Å². The Bertz CT molecular complexity index is 825. The Morgan fingerprint density at radius 2 is 1.92 bits per heavy atom. The molecule has 2 fully saturated rings. The lowest BCUT2D eigenvalue weighted by Crippen LogP contribution is -2.47. The number of rotatable bonds is 4. The minimum absolute atomic E-state index is 0.235. The van der Waals surface area contributed by atoms with Crippen LogP contribution >= 0.6 is 11.3 Å². The molecule has 2 aromatic rings. The fourth-order valence-corrected chi connectivity index (χ4v) is 6.20. The molecule has 0 bridgehead atoms. The molecule has 4 rings (SSSR count). The molecule has 25 heavy (non-hydrogen) atoms. The van der Waals surface area contributed by atoms with Crippen molar-refractivity contribution >= 4 is 37.4 Å². The summed E-state index contributed by atoms with van der Waals surface area (Å²) in [6.45, 7) is 2.23. The average molecular weight is 383 g/mol. The van der Waals surface area contributed by atoms with Gasteiger partial charge in [0, 0.05) is 32.3 Å². The quantitative estimate of drug-likeness (QED) is 0.871. The summed E-state index contributed by atoms with van der Waals surface area (Å²) in [4.78, 5) is 9.58. The number of hydrogen-bond donors (Lipinski definition) is 1. The second kappa shape index (κ2) is 7.14. The molecule has 136 valence electrons. The summed E-state index contributed by atoms with van der Waals surface area (Å²) in [6.07, 6.45) is 4.37. The molecular formula is C16H22N4O3S2. The molecule has 0 aromatic carbocycles. The molecule has 7 nitrogen and oxygen atoms in total. The van der Waals surface area contributed by atoms with Gasteiger partial charge in [0.05, 0.1) is 10.6 Å². The van der Waals surface area contributed by atoms with E-state index in [2.05, 4.69) is 15.3 Å². The van der Waals surface area contributed by atoms with Crippen molar-refractivity contribution in [1.29, 1.82) is 0 Å². The molecule has 0 unspecified atom stereocenters. The summed E-state index contributed by atoms with van der Waals surface area (Å²) in [5.41, 5.74) is 0. The Morgan fingerprint density at radius 3 is 2.68 bits per heavy atom. The molecule has 9 heteroatoms. The van der Waals surface area contributed by atoms with E-state index in [1.165, 1.54) is 0 Å². The van der Waals surface area contributed by atoms with Gasteiger partial charge in [0.1, 0.15) is 17.0 Å². The topological polar surface area (TPSA) is 84.4 Å². The number of nitrogens with zero attached hydrogens (tertiary/aromatic N) is 3. The van der Waals surface area contributed by atoms with Crippen LogP contribution in [0, 0.1) is 0 Å². The van der Waals surface area contributed by atoms with Crippen LogP contribution in [0.3, 0.4) is 0 Å². The maximum atomic E-state index is 12.8. The van der Waals surface area contributed by atoms with Crippen molar-refractivity contribution in [2.75, 3.05) is 31.6 Å². The van der Waals surface area contributed by atoms with Crippen molar-refractivity contribution in [3.05, 3.63) is 17.8 Å². The average Bonchev–Trinajstić information content (AvgIpc) is 3.13. The Kier molecular flexibility index (Phi) is 4.90. The summed E-state index contributed by atoms with van der Waals surface area (Å²) in [5.74, 6) is 0.844. The zero-order valence-electron chi connectivity index (χ0n) is 13.9. The molecular weight excluding hydrogens is 360 g/mol. The van der Waals surface area contributed by atoms with Gasteiger partial charge in [0.2, 0.25) is 10.0 Å². The molecule has 4 heterocycles. The molecule has 0 saturated carbocycles. The third kappa shape index (κ3) is 3.51. The molecule has 0 amide bonds. The van der Waals surface area contributed by atoms with Crippen molar-refractivity contribution in [2.45, 2.75) is 37.0 Å². The van der Waals surface area contributed by atoms with Gasteiger partial charge in [0.15, 0.2) is 0 Å². The first-order chi connectivity index (χ1) is 12.1. The zero-order chi connectivity index (χ0) is 17.3. The summed E-state index contributed by atoms with van der Waals surface area (Å²) in [5, 5.41) is 6.24. The first kappa shape index (κ1) is 17.1. The van der Waals surface area contributed by atoms with E-state index in [4.69, 9.17) is 4.74 Å². The number of aromatic nitrogens is 2. The molecule has 0 atom stereocenters. The van der Waals surface area contributed by atoms with Gasteiger partial charge >= 0.3 is 0 Å². The van der Waals surface area contributed by atoms with Gasteiger partial charge in [-0.1, -0.05) is 0 Å². The van der Waals surface area contributed by atoms with Crippen molar-refractivity contribution in [3.63, 3.8) is 0 Å². The third-order valence-electron chi connectivity index (χ3n) is 5.01. The normalized spacial score (nSPS) is 21.6.